The van der Waals surface area contributed by atoms with Crippen LogP contribution >= 0.6 is 0 Å². The molecular formula is C12H14N2O4. The molecule has 6 heteroatoms. The Kier molecular flexibility index (Phi) is 3.47. The lowest BCUT2D eigenvalue weighted by molar-refractivity contribution is -0.192. The predicted molar refractivity (Wildman–Crippen MR) is 63.0 cm³/mol. The van der Waals surface area contributed by atoms with E-state index in [0.29, 0.717) is 5.69 Å². The van der Waals surface area contributed by atoms with Crippen molar-refractivity contribution in [3.63, 3.8) is 0 Å². The molecule has 0 bridgehead atoms. The maximum atomic E-state index is 11.2. The Bertz CT molecular complexity index is 465. The summed E-state index contributed by atoms with van der Waals surface area (Å²) in [5.74, 6) is -2.10. The summed E-state index contributed by atoms with van der Waals surface area (Å²) in [6.45, 7) is 3.99. The standard InChI is InChI=1S/C12H14N2O4/c1-3-8-6-5-7-9(4-2)10(8)14-13-17-11(15)12(16)18-14/h5-7,13H,3-4H2,1-2H3. The number of anilines is 1. The zero-order chi connectivity index (χ0) is 13.1. The highest BCUT2D eigenvalue weighted by molar-refractivity contribution is 6.30. The zero-order valence-electron chi connectivity index (χ0n) is 10.2. The molecule has 1 aliphatic rings. The fourth-order valence-electron chi connectivity index (χ4n) is 1.83. The van der Waals surface area contributed by atoms with Crippen LogP contribution in [-0.2, 0) is 32.1 Å². The molecule has 1 N–H and O–H groups in total. The van der Waals surface area contributed by atoms with Crippen LogP contribution in [0.2, 0.25) is 0 Å². The Hall–Kier alpha value is -2.08. The van der Waals surface area contributed by atoms with Crippen molar-refractivity contribution in [3.05, 3.63) is 29.3 Å². The van der Waals surface area contributed by atoms with Gasteiger partial charge in [-0.2, -0.15) is 0 Å². The Morgan fingerprint density at radius 3 is 2.22 bits per heavy atom. The number of hydrogen-bond acceptors (Lipinski definition) is 6. The summed E-state index contributed by atoms with van der Waals surface area (Å²) in [6.07, 6.45) is 1.54. The molecule has 0 atom stereocenters. The van der Waals surface area contributed by atoms with Crippen molar-refractivity contribution in [3.8, 4) is 0 Å². The van der Waals surface area contributed by atoms with Gasteiger partial charge in [-0.25, -0.2) is 9.59 Å². The number of nitrogens with zero attached hydrogens (tertiary/aromatic N) is 1. The Morgan fingerprint density at radius 2 is 1.72 bits per heavy atom. The molecule has 0 aliphatic carbocycles. The second kappa shape index (κ2) is 5.05. The molecule has 1 aromatic carbocycles. The largest absolute Gasteiger partial charge is 0.444 e. The van der Waals surface area contributed by atoms with E-state index in [0.717, 1.165) is 29.1 Å². The monoisotopic (exact) mass is 250 g/mol. The van der Waals surface area contributed by atoms with Crippen LogP contribution in [0.15, 0.2) is 18.2 Å². The second-order valence-corrected chi connectivity index (χ2v) is 3.79. The number of carbonyl (C=O) groups excluding carboxylic acids is 2. The van der Waals surface area contributed by atoms with Crippen LogP contribution in [0.3, 0.4) is 0 Å². The molecule has 0 amide bonds. The smallest absolute Gasteiger partial charge is 0.338 e. The van der Waals surface area contributed by atoms with Gasteiger partial charge in [-0.3, -0.25) is 0 Å². The first-order valence-corrected chi connectivity index (χ1v) is 5.77. The van der Waals surface area contributed by atoms with Crippen LogP contribution in [0.1, 0.15) is 25.0 Å². The molecule has 1 aromatic rings. The summed E-state index contributed by atoms with van der Waals surface area (Å²) in [5, 5.41) is 1.10. The number of para-hydroxylation sites is 1. The first-order chi connectivity index (χ1) is 8.67. The number of hydrazine groups is 1. The minimum Gasteiger partial charge on any atom is -0.338 e. The van der Waals surface area contributed by atoms with E-state index in [9.17, 15) is 9.59 Å². The van der Waals surface area contributed by atoms with E-state index >= 15 is 0 Å². The molecule has 0 aromatic heterocycles. The molecular weight excluding hydrogens is 236 g/mol. The molecule has 0 radical (unpaired) electrons. The van der Waals surface area contributed by atoms with Crippen LogP contribution in [0.5, 0.6) is 0 Å². The molecule has 0 spiro atoms. The van der Waals surface area contributed by atoms with Crippen molar-refractivity contribution in [2.75, 3.05) is 5.17 Å². The fraction of sp³-hybridized carbons (Fsp3) is 0.333. The summed E-state index contributed by atoms with van der Waals surface area (Å²) in [7, 11) is 0. The lowest BCUT2D eigenvalue weighted by Crippen LogP contribution is -2.50. The number of nitrogens with one attached hydrogen (secondary N) is 1. The highest BCUT2D eigenvalue weighted by Gasteiger charge is 2.31. The Balaban J connectivity index is 2.37. The minimum absolute atomic E-state index is 0.711. The first-order valence-electron chi connectivity index (χ1n) is 5.77. The van der Waals surface area contributed by atoms with Crippen molar-refractivity contribution in [1.82, 2.24) is 5.59 Å². The third kappa shape index (κ3) is 2.14. The summed E-state index contributed by atoms with van der Waals surface area (Å²) < 4.78 is 0. The van der Waals surface area contributed by atoms with Crippen molar-refractivity contribution in [2.45, 2.75) is 26.7 Å². The first kappa shape index (κ1) is 12.4. The van der Waals surface area contributed by atoms with Crippen molar-refractivity contribution >= 4 is 17.6 Å². The maximum absolute atomic E-state index is 11.2. The molecule has 96 valence electrons. The topological polar surface area (TPSA) is 67.9 Å². The van der Waals surface area contributed by atoms with Crippen molar-refractivity contribution in [2.24, 2.45) is 0 Å². The van der Waals surface area contributed by atoms with Gasteiger partial charge in [0.15, 0.2) is 0 Å². The highest BCUT2D eigenvalue weighted by atomic mass is 16.9. The average Bonchev–Trinajstić information content (AvgIpc) is 2.41. The predicted octanol–water partition coefficient (Wildman–Crippen LogP) is 1.05. The maximum Gasteiger partial charge on any atom is 0.444 e. The van der Waals surface area contributed by atoms with E-state index < -0.39 is 11.9 Å². The van der Waals surface area contributed by atoms with Gasteiger partial charge < -0.3 is 9.68 Å². The average molecular weight is 250 g/mol. The van der Waals surface area contributed by atoms with Crippen LogP contribution in [0.4, 0.5) is 5.69 Å². The molecule has 1 fully saturated rings. The number of benzene rings is 1. The number of hydrogen-bond donors (Lipinski definition) is 1. The van der Waals surface area contributed by atoms with Gasteiger partial charge in [-0.05, 0) is 29.6 Å². The number of aryl methyl sites for hydroxylation is 2. The van der Waals surface area contributed by atoms with E-state index in [-0.39, 0.29) is 0 Å². The van der Waals surface area contributed by atoms with Gasteiger partial charge in [-0.1, -0.05) is 32.0 Å². The molecule has 1 heterocycles. The lowest BCUT2D eigenvalue weighted by Gasteiger charge is -2.28. The fourth-order valence-corrected chi connectivity index (χ4v) is 1.83. The molecule has 1 aliphatic heterocycles. The van der Waals surface area contributed by atoms with Gasteiger partial charge in [0.2, 0.25) is 0 Å². The quantitative estimate of drug-likeness (QED) is 0.809. The summed E-state index contributed by atoms with van der Waals surface area (Å²) in [5.41, 5.74) is 5.00. The molecule has 2 rings (SSSR count). The zero-order valence-corrected chi connectivity index (χ0v) is 10.2. The van der Waals surface area contributed by atoms with Gasteiger partial charge >= 0.3 is 11.9 Å². The molecule has 18 heavy (non-hydrogen) atoms. The number of carbonyl (C=O) groups is 2. The Morgan fingerprint density at radius 1 is 1.11 bits per heavy atom. The molecule has 0 saturated carbocycles. The van der Waals surface area contributed by atoms with E-state index in [2.05, 4.69) is 10.4 Å². The second-order valence-electron chi connectivity index (χ2n) is 3.79. The van der Waals surface area contributed by atoms with Crippen LogP contribution in [0.25, 0.3) is 0 Å². The van der Waals surface area contributed by atoms with Gasteiger partial charge in [0.25, 0.3) is 0 Å². The van der Waals surface area contributed by atoms with E-state index in [4.69, 9.17) is 4.84 Å². The van der Waals surface area contributed by atoms with Crippen molar-refractivity contribution in [1.29, 1.82) is 0 Å². The van der Waals surface area contributed by atoms with E-state index in [1.54, 1.807) is 0 Å². The van der Waals surface area contributed by atoms with E-state index in [1.165, 1.54) is 0 Å². The van der Waals surface area contributed by atoms with E-state index in [1.807, 2.05) is 32.0 Å². The number of rotatable bonds is 3. The van der Waals surface area contributed by atoms with Crippen LogP contribution < -0.4 is 10.8 Å². The summed E-state index contributed by atoms with van der Waals surface area (Å²) in [4.78, 5) is 31.5. The minimum atomic E-state index is -1.06. The van der Waals surface area contributed by atoms with Crippen LogP contribution in [0, 0.1) is 0 Å². The summed E-state index contributed by atoms with van der Waals surface area (Å²) in [6, 6.07) is 5.81. The summed E-state index contributed by atoms with van der Waals surface area (Å²) >= 11 is 0. The highest BCUT2D eigenvalue weighted by Crippen LogP contribution is 2.27. The molecule has 0 unspecified atom stereocenters. The molecule has 1 saturated heterocycles. The van der Waals surface area contributed by atoms with Gasteiger partial charge in [0.05, 0.1) is 0 Å². The third-order valence-corrected chi connectivity index (χ3v) is 2.73. The van der Waals surface area contributed by atoms with Crippen LogP contribution in [-0.4, -0.2) is 11.9 Å². The van der Waals surface area contributed by atoms with Gasteiger partial charge in [0.1, 0.15) is 5.69 Å². The lowest BCUT2D eigenvalue weighted by atomic mass is 10.0. The van der Waals surface area contributed by atoms with Gasteiger partial charge in [-0.15, -0.1) is 5.17 Å². The SMILES string of the molecule is CCc1cccc(CC)c1N1NOC(=O)C(=O)O1. The third-order valence-electron chi connectivity index (χ3n) is 2.73. The Labute approximate surface area is 104 Å². The van der Waals surface area contributed by atoms with Crippen molar-refractivity contribution < 1.29 is 19.3 Å². The normalized spacial score (nSPS) is 15.3. The van der Waals surface area contributed by atoms with Gasteiger partial charge in [0, 0.05) is 0 Å². The molecule has 6 nitrogen and oxygen atoms in total.